The SMILES string of the molecule is Cc1cc2c(c(F)n1)-c1cccnc1[C@H](O)C(=O)N2CC(=O)Nc1ccc(Br)c(Cl)c1. The lowest BCUT2D eigenvalue weighted by Gasteiger charge is -2.24. The van der Waals surface area contributed by atoms with Crippen molar-refractivity contribution in [2.24, 2.45) is 0 Å². The molecule has 158 valence electrons. The lowest BCUT2D eigenvalue weighted by molar-refractivity contribution is -0.128. The van der Waals surface area contributed by atoms with Gasteiger partial charge in [-0.05, 0) is 53.2 Å². The predicted octanol–water partition coefficient (Wildman–Crippen LogP) is 4.03. The van der Waals surface area contributed by atoms with Crippen LogP contribution in [0.15, 0.2) is 47.1 Å². The number of carbonyl (C=O) groups is 2. The fourth-order valence-corrected chi connectivity index (χ4v) is 3.82. The molecule has 0 saturated heterocycles. The van der Waals surface area contributed by atoms with Crippen LogP contribution in [0.4, 0.5) is 15.8 Å². The van der Waals surface area contributed by atoms with Gasteiger partial charge in [0.05, 0.1) is 22.0 Å². The van der Waals surface area contributed by atoms with Crippen molar-refractivity contribution in [1.82, 2.24) is 9.97 Å². The number of aromatic nitrogens is 2. The number of amides is 2. The minimum atomic E-state index is -1.67. The Morgan fingerprint density at radius 2 is 2.13 bits per heavy atom. The number of pyridine rings is 2. The van der Waals surface area contributed by atoms with Gasteiger partial charge >= 0.3 is 0 Å². The molecule has 7 nitrogen and oxygen atoms in total. The summed E-state index contributed by atoms with van der Waals surface area (Å²) in [4.78, 5) is 34.7. The Bertz CT molecular complexity index is 1220. The highest BCUT2D eigenvalue weighted by Crippen LogP contribution is 2.40. The number of halogens is 3. The van der Waals surface area contributed by atoms with Crippen molar-refractivity contribution < 1.29 is 19.1 Å². The van der Waals surface area contributed by atoms with Crippen LogP contribution < -0.4 is 10.2 Å². The number of fused-ring (bicyclic) bond motifs is 3. The van der Waals surface area contributed by atoms with Crippen LogP contribution in [-0.2, 0) is 9.59 Å². The Kier molecular flexibility index (Phi) is 5.74. The summed E-state index contributed by atoms with van der Waals surface area (Å²) in [6, 6.07) is 9.46. The summed E-state index contributed by atoms with van der Waals surface area (Å²) in [7, 11) is 0. The lowest BCUT2D eigenvalue weighted by Crippen LogP contribution is -2.40. The Morgan fingerprint density at radius 3 is 2.87 bits per heavy atom. The molecule has 0 unspecified atom stereocenters. The minimum absolute atomic E-state index is 0.000836. The number of nitrogens with zero attached hydrogens (tertiary/aromatic N) is 3. The molecule has 2 N–H and O–H groups in total. The summed E-state index contributed by atoms with van der Waals surface area (Å²) in [6.45, 7) is 1.11. The summed E-state index contributed by atoms with van der Waals surface area (Å²) in [6.07, 6.45) is -0.271. The number of aryl methyl sites for hydroxylation is 1. The highest BCUT2D eigenvalue weighted by Gasteiger charge is 2.36. The van der Waals surface area contributed by atoms with E-state index in [-0.39, 0.29) is 22.5 Å². The fourth-order valence-electron chi connectivity index (χ4n) is 3.39. The molecule has 1 aliphatic heterocycles. The summed E-state index contributed by atoms with van der Waals surface area (Å²) in [5, 5.41) is 13.7. The van der Waals surface area contributed by atoms with E-state index in [9.17, 15) is 19.1 Å². The fraction of sp³-hybridized carbons (Fsp3) is 0.143. The van der Waals surface area contributed by atoms with E-state index in [0.29, 0.717) is 20.9 Å². The molecule has 0 radical (unpaired) electrons. The van der Waals surface area contributed by atoms with Gasteiger partial charge in [0.1, 0.15) is 6.54 Å². The summed E-state index contributed by atoms with van der Waals surface area (Å²) in [5.74, 6) is -2.18. The number of hydrogen-bond donors (Lipinski definition) is 2. The molecule has 1 aromatic carbocycles. The monoisotopic (exact) mass is 504 g/mol. The van der Waals surface area contributed by atoms with Gasteiger partial charge in [-0.25, -0.2) is 4.98 Å². The molecule has 4 rings (SSSR count). The van der Waals surface area contributed by atoms with Gasteiger partial charge < -0.3 is 10.4 Å². The van der Waals surface area contributed by atoms with E-state index >= 15 is 0 Å². The van der Waals surface area contributed by atoms with Gasteiger partial charge in [-0.3, -0.25) is 19.5 Å². The quantitative estimate of drug-likeness (QED) is 0.524. The highest BCUT2D eigenvalue weighted by atomic mass is 79.9. The molecule has 2 amide bonds. The lowest BCUT2D eigenvalue weighted by atomic mass is 10.0. The number of benzene rings is 1. The Labute approximate surface area is 190 Å². The number of hydrogen-bond acceptors (Lipinski definition) is 5. The van der Waals surface area contributed by atoms with Gasteiger partial charge in [0.15, 0.2) is 6.10 Å². The zero-order chi connectivity index (χ0) is 22.3. The van der Waals surface area contributed by atoms with E-state index in [4.69, 9.17) is 11.6 Å². The third kappa shape index (κ3) is 4.04. The van der Waals surface area contributed by atoms with Crippen LogP contribution >= 0.6 is 27.5 Å². The molecular formula is C21H15BrClFN4O3. The number of nitrogens with one attached hydrogen (secondary N) is 1. The first-order valence-electron chi connectivity index (χ1n) is 9.13. The van der Waals surface area contributed by atoms with Gasteiger partial charge in [0.2, 0.25) is 11.9 Å². The molecule has 0 saturated carbocycles. The van der Waals surface area contributed by atoms with E-state index in [1.807, 2.05) is 0 Å². The van der Waals surface area contributed by atoms with Gasteiger partial charge in [0.25, 0.3) is 5.91 Å². The summed E-state index contributed by atoms with van der Waals surface area (Å²) in [5.41, 5.74) is 1.11. The first kappa shape index (κ1) is 21.4. The van der Waals surface area contributed by atoms with Gasteiger partial charge in [-0.2, -0.15) is 4.39 Å². The second kappa shape index (κ2) is 8.33. The highest BCUT2D eigenvalue weighted by molar-refractivity contribution is 9.10. The van der Waals surface area contributed by atoms with Crippen molar-refractivity contribution in [3.8, 4) is 11.1 Å². The van der Waals surface area contributed by atoms with Crippen LogP contribution in [0.5, 0.6) is 0 Å². The van der Waals surface area contributed by atoms with Crippen molar-refractivity contribution in [1.29, 1.82) is 0 Å². The average molecular weight is 506 g/mol. The van der Waals surface area contributed by atoms with Crippen LogP contribution in [0, 0.1) is 12.9 Å². The molecule has 1 aliphatic rings. The third-order valence-corrected chi connectivity index (χ3v) is 5.98. The maximum absolute atomic E-state index is 14.9. The normalized spacial score (nSPS) is 15.2. The number of rotatable bonds is 3. The van der Waals surface area contributed by atoms with Crippen molar-refractivity contribution >= 4 is 50.7 Å². The molecule has 0 bridgehead atoms. The molecule has 1 atom stereocenters. The predicted molar refractivity (Wildman–Crippen MR) is 117 cm³/mol. The molecule has 0 spiro atoms. The third-order valence-electron chi connectivity index (χ3n) is 4.75. The van der Waals surface area contributed by atoms with E-state index in [2.05, 4.69) is 31.2 Å². The number of anilines is 2. The van der Waals surface area contributed by atoms with Crippen LogP contribution in [-0.4, -0.2) is 33.4 Å². The van der Waals surface area contributed by atoms with Crippen LogP contribution in [0.1, 0.15) is 17.5 Å². The maximum atomic E-state index is 14.9. The second-order valence-electron chi connectivity index (χ2n) is 6.89. The first-order chi connectivity index (χ1) is 14.8. The largest absolute Gasteiger partial charge is 0.377 e. The first-order valence-corrected chi connectivity index (χ1v) is 10.3. The molecule has 0 fully saturated rings. The van der Waals surface area contributed by atoms with Crippen molar-refractivity contribution in [3.63, 3.8) is 0 Å². The molecule has 2 aromatic heterocycles. The van der Waals surface area contributed by atoms with Gasteiger partial charge in [-0.15, -0.1) is 0 Å². The van der Waals surface area contributed by atoms with E-state index < -0.39 is 30.4 Å². The Hall–Kier alpha value is -2.88. The van der Waals surface area contributed by atoms with Crippen LogP contribution in [0.25, 0.3) is 11.1 Å². The zero-order valence-corrected chi connectivity index (χ0v) is 18.4. The van der Waals surface area contributed by atoms with E-state index in [1.165, 1.54) is 12.3 Å². The van der Waals surface area contributed by atoms with Gasteiger partial charge in [0, 0.05) is 27.6 Å². The second-order valence-corrected chi connectivity index (χ2v) is 8.15. The zero-order valence-electron chi connectivity index (χ0n) is 16.1. The molecule has 0 aliphatic carbocycles. The molecule has 3 heterocycles. The van der Waals surface area contributed by atoms with E-state index in [0.717, 1.165) is 4.90 Å². The van der Waals surface area contributed by atoms with Crippen molar-refractivity contribution in [2.75, 3.05) is 16.8 Å². The van der Waals surface area contributed by atoms with Crippen molar-refractivity contribution in [3.05, 3.63) is 69.4 Å². The van der Waals surface area contributed by atoms with E-state index in [1.54, 1.807) is 37.3 Å². The standard InChI is InChI=1S/C21H15BrClFN4O3/c1-10-7-15-17(20(24)26-10)12-3-2-6-25-18(12)19(30)21(31)28(15)9-16(29)27-11-4-5-13(22)14(23)8-11/h2-8,19,30H,9H2,1H3,(H,27,29)/t19-/m0/s1. The Morgan fingerprint density at radius 1 is 1.35 bits per heavy atom. The molecule has 3 aromatic rings. The number of carbonyl (C=O) groups excluding carboxylic acids is 2. The summed E-state index contributed by atoms with van der Waals surface area (Å²) < 4.78 is 15.6. The van der Waals surface area contributed by atoms with Crippen molar-refractivity contribution in [2.45, 2.75) is 13.0 Å². The van der Waals surface area contributed by atoms with Crippen LogP contribution in [0.3, 0.4) is 0 Å². The molecular weight excluding hydrogens is 491 g/mol. The average Bonchev–Trinajstić information content (AvgIpc) is 2.80. The smallest absolute Gasteiger partial charge is 0.262 e. The summed E-state index contributed by atoms with van der Waals surface area (Å²) >= 11 is 9.33. The number of aliphatic hydroxyl groups excluding tert-OH is 1. The molecule has 10 heteroatoms. The van der Waals surface area contributed by atoms with Crippen LogP contribution in [0.2, 0.25) is 5.02 Å². The topological polar surface area (TPSA) is 95.4 Å². The Balaban J connectivity index is 1.75. The number of aliphatic hydroxyl groups is 1. The van der Waals surface area contributed by atoms with Gasteiger partial charge in [-0.1, -0.05) is 17.7 Å². The molecule has 31 heavy (non-hydrogen) atoms. The maximum Gasteiger partial charge on any atom is 0.262 e. The minimum Gasteiger partial charge on any atom is -0.377 e.